The summed E-state index contributed by atoms with van der Waals surface area (Å²) in [5.41, 5.74) is 4.07. The summed E-state index contributed by atoms with van der Waals surface area (Å²) in [6.45, 7) is 1.55. The van der Waals surface area contributed by atoms with Crippen molar-refractivity contribution in [2.75, 3.05) is 23.3 Å². The molecule has 3 aromatic carbocycles. The number of anilines is 2. The lowest BCUT2D eigenvalue weighted by atomic mass is 10.1. The second-order valence-corrected chi connectivity index (χ2v) is 8.65. The Morgan fingerprint density at radius 1 is 1.06 bits per heavy atom. The van der Waals surface area contributed by atoms with Crippen molar-refractivity contribution in [3.63, 3.8) is 0 Å². The largest absolute Gasteiger partial charge is 0.366 e. The van der Waals surface area contributed by atoms with Gasteiger partial charge < -0.3 is 15.2 Å². The molecule has 1 fully saturated rings. The topological polar surface area (TPSA) is 116 Å². The van der Waals surface area contributed by atoms with E-state index in [4.69, 9.17) is 12.2 Å². The van der Waals surface area contributed by atoms with E-state index in [0.29, 0.717) is 11.4 Å². The number of fused-ring (bicyclic) bond motifs is 1. The molecule has 1 aliphatic heterocycles. The van der Waals surface area contributed by atoms with Crippen molar-refractivity contribution in [2.45, 2.75) is 12.8 Å². The van der Waals surface area contributed by atoms with Gasteiger partial charge in [0.05, 0.1) is 16.0 Å². The fourth-order valence-corrected chi connectivity index (χ4v) is 4.39. The zero-order chi connectivity index (χ0) is 24.4. The molecule has 1 saturated heterocycles. The van der Waals surface area contributed by atoms with Crippen LogP contribution in [0.3, 0.4) is 0 Å². The van der Waals surface area contributed by atoms with Gasteiger partial charge in [-0.15, -0.1) is 0 Å². The van der Waals surface area contributed by atoms with Crippen molar-refractivity contribution in [3.05, 3.63) is 82.4 Å². The second-order valence-electron chi connectivity index (χ2n) is 8.24. The summed E-state index contributed by atoms with van der Waals surface area (Å²) >= 11 is 5.28. The maximum absolute atomic E-state index is 12.7. The van der Waals surface area contributed by atoms with Crippen molar-refractivity contribution in [3.8, 4) is 11.4 Å². The number of rotatable bonds is 5. The predicted molar refractivity (Wildman–Crippen MR) is 140 cm³/mol. The number of nitrogens with one attached hydrogen (secondary N) is 3. The minimum Gasteiger partial charge on any atom is -0.366 e. The Labute approximate surface area is 206 Å². The number of aromatic amines is 1. The number of hydrogen-bond donors (Lipinski definition) is 3. The molecule has 0 unspecified atom stereocenters. The third kappa shape index (κ3) is 4.82. The molecule has 3 N–H and O–H groups in total. The van der Waals surface area contributed by atoms with Crippen LogP contribution < -0.4 is 15.5 Å². The van der Waals surface area contributed by atoms with Gasteiger partial charge in [0.15, 0.2) is 5.11 Å². The monoisotopic (exact) mass is 486 g/mol. The number of carbonyl (C=O) groups excluding carboxylic acids is 1. The Morgan fingerprint density at radius 3 is 2.51 bits per heavy atom. The van der Waals surface area contributed by atoms with Crippen molar-refractivity contribution in [1.82, 2.24) is 15.3 Å². The van der Waals surface area contributed by atoms with Gasteiger partial charge in [0.25, 0.3) is 11.6 Å². The van der Waals surface area contributed by atoms with Gasteiger partial charge in [-0.05, 0) is 73.6 Å². The van der Waals surface area contributed by atoms with Crippen LogP contribution >= 0.6 is 12.2 Å². The molecule has 0 bridgehead atoms. The summed E-state index contributed by atoms with van der Waals surface area (Å²) < 4.78 is 0. The van der Waals surface area contributed by atoms with Crippen LogP contribution in [0.5, 0.6) is 0 Å². The van der Waals surface area contributed by atoms with Crippen LogP contribution in [0.25, 0.3) is 22.4 Å². The van der Waals surface area contributed by atoms with E-state index in [1.54, 1.807) is 12.1 Å². The van der Waals surface area contributed by atoms with Gasteiger partial charge in [-0.2, -0.15) is 0 Å². The first-order valence-corrected chi connectivity index (χ1v) is 11.6. The zero-order valence-electron chi connectivity index (χ0n) is 18.7. The number of nitrogens with zero attached hydrogens (tertiary/aromatic N) is 3. The maximum atomic E-state index is 12.7. The van der Waals surface area contributed by atoms with E-state index in [1.165, 1.54) is 6.07 Å². The lowest BCUT2D eigenvalue weighted by Gasteiger charge is -2.18. The van der Waals surface area contributed by atoms with E-state index in [-0.39, 0.29) is 16.4 Å². The number of H-pyrrole nitrogens is 1. The van der Waals surface area contributed by atoms with Crippen LogP contribution in [0.2, 0.25) is 0 Å². The summed E-state index contributed by atoms with van der Waals surface area (Å²) in [6.07, 6.45) is 2.00. The molecule has 5 rings (SSSR count). The minimum atomic E-state index is -0.516. The molecule has 0 aliphatic carbocycles. The molecule has 1 aromatic heterocycles. The molecular formula is C25H22N6O3S. The number of nitro groups is 1. The predicted octanol–water partition coefficient (Wildman–Crippen LogP) is 4.87. The number of aromatic nitrogens is 2. The van der Waals surface area contributed by atoms with E-state index in [2.05, 4.69) is 20.6 Å². The first-order chi connectivity index (χ1) is 17.0. The van der Waals surface area contributed by atoms with Crippen LogP contribution in [0.4, 0.5) is 17.1 Å². The van der Waals surface area contributed by atoms with E-state index in [9.17, 15) is 14.9 Å². The molecule has 1 amide bonds. The average Bonchev–Trinajstić information content (AvgIpc) is 3.54. The quantitative estimate of drug-likeness (QED) is 0.209. The number of amides is 1. The van der Waals surface area contributed by atoms with Crippen molar-refractivity contribution in [2.24, 2.45) is 0 Å². The third-order valence-corrected chi connectivity index (χ3v) is 6.12. The van der Waals surface area contributed by atoms with Gasteiger partial charge in [-0.25, -0.2) is 4.98 Å². The van der Waals surface area contributed by atoms with Crippen LogP contribution in [-0.4, -0.2) is 39.0 Å². The molecule has 1 aliphatic rings. The SMILES string of the molecule is O=C(NC(=S)Nc1ccc(-c2nc3ccccc3[nH]2)cc1)c1ccc(N2CCCC2)c([N+](=O)[O-])c1. The number of benzene rings is 3. The Balaban J connectivity index is 1.24. The van der Waals surface area contributed by atoms with Gasteiger partial charge in [0.2, 0.25) is 0 Å². The zero-order valence-corrected chi connectivity index (χ0v) is 19.5. The van der Waals surface area contributed by atoms with Crippen LogP contribution in [-0.2, 0) is 0 Å². The summed E-state index contributed by atoms with van der Waals surface area (Å²) in [5.74, 6) is 0.241. The Kier molecular flexibility index (Phi) is 6.11. The van der Waals surface area contributed by atoms with Crippen molar-refractivity contribution < 1.29 is 9.72 Å². The van der Waals surface area contributed by atoms with E-state index >= 15 is 0 Å². The van der Waals surface area contributed by atoms with E-state index in [1.807, 2.05) is 53.4 Å². The number of para-hydroxylation sites is 2. The van der Waals surface area contributed by atoms with E-state index < -0.39 is 10.8 Å². The fourth-order valence-electron chi connectivity index (χ4n) is 4.17. The molecule has 0 spiro atoms. The first kappa shape index (κ1) is 22.5. The van der Waals surface area contributed by atoms with Gasteiger partial charge in [-0.3, -0.25) is 20.2 Å². The highest BCUT2D eigenvalue weighted by molar-refractivity contribution is 7.80. The molecule has 176 valence electrons. The summed E-state index contributed by atoms with van der Waals surface area (Å²) in [4.78, 5) is 33.7. The number of nitro benzene ring substituents is 1. The average molecular weight is 487 g/mol. The van der Waals surface area contributed by atoms with E-state index in [0.717, 1.165) is 48.4 Å². The second kappa shape index (κ2) is 9.51. The molecule has 0 saturated carbocycles. The number of imidazole rings is 1. The van der Waals surface area contributed by atoms with Gasteiger partial charge in [-0.1, -0.05) is 12.1 Å². The molecule has 9 nitrogen and oxygen atoms in total. The standard InChI is InChI=1S/C25H22N6O3S/c32-24(17-9-12-21(22(15-17)31(33)34)30-13-3-4-14-30)29-25(35)26-18-10-7-16(8-11-18)23-27-19-5-1-2-6-20(19)28-23/h1-2,5-12,15H,3-4,13-14H2,(H,27,28)(H2,26,29,32,35). The molecule has 2 heterocycles. The molecule has 35 heavy (non-hydrogen) atoms. The molecule has 10 heteroatoms. The number of carbonyl (C=O) groups is 1. The summed E-state index contributed by atoms with van der Waals surface area (Å²) in [7, 11) is 0. The van der Waals surface area contributed by atoms with Crippen molar-refractivity contribution >= 4 is 51.3 Å². The highest BCUT2D eigenvalue weighted by atomic mass is 32.1. The summed E-state index contributed by atoms with van der Waals surface area (Å²) in [5, 5.41) is 17.3. The number of hydrogen-bond acceptors (Lipinski definition) is 6. The Hall–Kier alpha value is -4.31. The normalized spacial score (nSPS) is 13.1. The lowest BCUT2D eigenvalue weighted by Crippen LogP contribution is -2.34. The van der Waals surface area contributed by atoms with Crippen LogP contribution in [0.1, 0.15) is 23.2 Å². The molecule has 0 radical (unpaired) electrons. The van der Waals surface area contributed by atoms with Crippen molar-refractivity contribution in [1.29, 1.82) is 0 Å². The van der Waals surface area contributed by atoms with Gasteiger partial charge in [0, 0.05) is 36.0 Å². The van der Waals surface area contributed by atoms with Gasteiger partial charge in [0.1, 0.15) is 11.5 Å². The Bertz CT molecular complexity index is 1390. The fraction of sp³-hybridized carbons (Fsp3) is 0.160. The summed E-state index contributed by atoms with van der Waals surface area (Å²) in [6, 6.07) is 19.8. The van der Waals surface area contributed by atoms with Crippen LogP contribution in [0, 0.1) is 10.1 Å². The third-order valence-electron chi connectivity index (χ3n) is 5.91. The number of thiocarbonyl (C=S) groups is 1. The highest BCUT2D eigenvalue weighted by Crippen LogP contribution is 2.31. The Morgan fingerprint density at radius 2 is 1.80 bits per heavy atom. The first-order valence-electron chi connectivity index (χ1n) is 11.2. The molecule has 4 aromatic rings. The molecule has 0 atom stereocenters. The minimum absolute atomic E-state index is 0.0837. The molecular weight excluding hydrogens is 464 g/mol. The van der Waals surface area contributed by atoms with Gasteiger partial charge >= 0.3 is 0 Å². The van der Waals surface area contributed by atoms with Crippen LogP contribution in [0.15, 0.2) is 66.7 Å². The highest BCUT2D eigenvalue weighted by Gasteiger charge is 2.24. The maximum Gasteiger partial charge on any atom is 0.293 e. The smallest absolute Gasteiger partial charge is 0.293 e. The lowest BCUT2D eigenvalue weighted by molar-refractivity contribution is -0.384.